The molecule has 0 saturated carbocycles. The minimum atomic E-state index is -2.90. The fraction of sp³-hybridized carbons (Fsp3) is 0.471. The van der Waals surface area contributed by atoms with Crippen LogP contribution < -0.4 is 10.4 Å². The number of nitrogens with zero attached hydrogens (tertiary/aromatic N) is 3. The van der Waals surface area contributed by atoms with Crippen LogP contribution in [0.3, 0.4) is 0 Å². The second-order valence-corrected chi connectivity index (χ2v) is 17.2. The van der Waals surface area contributed by atoms with Crippen LogP contribution >= 0.6 is 0 Å². The van der Waals surface area contributed by atoms with Gasteiger partial charge in [0.05, 0.1) is 13.2 Å². The highest BCUT2D eigenvalue weighted by Crippen LogP contribution is 2.47. The Labute approximate surface area is 256 Å². The lowest BCUT2D eigenvalue weighted by Crippen LogP contribution is -2.68. The van der Waals surface area contributed by atoms with E-state index in [1.165, 1.54) is 10.4 Å². The van der Waals surface area contributed by atoms with Crippen molar-refractivity contribution in [3.63, 3.8) is 0 Å². The van der Waals surface area contributed by atoms with Gasteiger partial charge in [-0.1, -0.05) is 117 Å². The van der Waals surface area contributed by atoms with E-state index >= 15 is 0 Å². The van der Waals surface area contributed by atoms with Crippen LogP contribution in [0.2, 0.25) is 5.04 Å². The number of rotatable bonds is 12. The van der Waals surface area contributed by atoms with Crippen molar-refractivity contribution in [2.24, 2.45) is 5.11 Å². The van der Waals surface area contributed by atoms with Crippen molar-refractivity contribution in [2.75, 3.05) is 13.2 Å². The summed E-state index contributed by atoms with van der Waals surface area (Å²) in [5.74, 6) is -0.806. The molecule has 2 heterocycles. The molecule has 2 aliphatic heterocycles. The van der Waals surface area contributed by atoms with E-state index < -0.39 is 38.2 Å². The van der Waals surface area contributed by atoms with Crippen molar-refractivity contribution in [1.29, 1.82) is 0 Å². The molecule has 0 N–H and O–H groups in total. The van der Waals surface area contributed by atoms with Crippen molar-refractivity contribution in [3.05, 3.63) is 107 Å². The van der Waals surface area contributed by atoms with E-state index in [4.69, 9.17) is 28.9 Å². The van der Waals surface area contributed by atoms with Gasteiger partial charge in [0.15, 0.2) is 12.1 Å². The number of hydrogen-bond acceptors (Lipinski definition) is 6. The SMILES string of the molecule is CC1(C)O[C@H]2O[C@](CCCN=[N+]=[N-])(CO[Si](c3ccccc3)(c3ccccc3)C(C)(C)C)[C@@H](OCc3ccccc3)[C@H]2O1. The molecule has 2 saturated heterocycles. The number of ether oxygens (including phenoxy) is 4. The average Bonchev–Trinajstić information content (AvgIpc) is 3.43. The number of azide groups is 1. The van der Waals surface area contributed by atoms with Gasteiger partial charge in [0.2, 0.25) is 0 Å². The van der Waals surface area contributed by atoms with E-state index in [1.54, 1.807) is 0 Å². The Bertz CT molecular complexity index is 1340. The Kier molecular flexibility index (Phi) is 9.44. The first kappa shape index (κ1) is 31.4. The molecular formula is C34H43N3O5Si. The van der Waals surface area contributed by atoms with Crippen molar-refractivity contribution in [1.82, 2.24) is 0 Å². The topological polar surface area (TPSA) is 94.9 Å². The van der Waals surface area contributed by atoms with Gasteiger partial charge in [-0.05, 0) is 53.2 Å². The van der Waals surface area contributed by atoms with Crippen LogP contribution in [0.5, 0.6) is 0 Å². The molecule has 0 aromatic heterocycles. The van der Waals surface area contributed by atoms with Crippen LogP contribution in [0.1, 0.15) is 53.0 Å². The molecule has 3 aromatic carbocycles. The fourth-order valence-corrected chi connectivity index (χ4v) is 11.1. The van der Waals surface area contributed by atoms with Crippen molar-refractivity contribution >= 4 is 18.7 Å². The summed E-state index contributed by atoms with van der Waals surface area (Å²) < 4.78 is 33.7. The first-order valence-electron chi connectivity index (χ1n) is 15.1. The van der Waals surface area contributed by atoms with Gasteiger partial charge in [-0.3, -0.25) is 0 Å². The molecule has 2 fully saturated rings. The summed E-state index contributed by atoms with van der Waals surface area (Å²) in [5, 5.41) is 5.97. The zero-order valence-electron chi connectivity index (χ0n) is 25.8. The van der Waals surface area contributed by atoms with Gasteiger partial charge in [0.1, 0.15) is 17.8 Å². The summed E-state index contributed by atoms with van der Waals surface area (Å²) in [6.07, 6.45) is -0.394. The quantitative estimate of drug-likeness (QED) is 0.0778. The molecule has 4 atom stereocenters. The minimum Gasteiger partial charge on any atom is -0.404 e. The standard InChI is InChI=1S/C34H43N3O5Si/c1-32(2,3)43(27-18-11-7-12-19-27,28-20-13-8-14-21-28)39-25-34(22-15-23-36-37-35)30(38-24-26-16-9-6-10-17-26)29-31(42-34)41-33(4,5)40-29/h6-14,16-21,29-31H,15,22-25H2,1-5H3/t29-,30+,31+,34-/m1/s1. The fourth-order valence-electron chi connectivity index (χ4n) is 6.53. The van der Waals surface area contributed by atoms with Gasteiger partial charge < -0.3 is 23.4 Å². The smallest absolute Gasteiger partial charge is 0.261 e. The van der Waals surface area contributed by atoms with Crippen molar-refractivity contribution < 1.29 is 23.4 Å². The summed E-state index contributed by atoms with van der Waals surface area (Å²) >= 11 is 0. The molecule has 0 bridgehead atoms. The second-order valence-electron chi connectivity index (χ2n) is 12.9. The Hall–Kier alpha value is -3.01. The Balaban J connectivity index is 1.56. The molecule has 228 valence electrons. The Morgan fingerprint density at radius 2 is 1.44 bits per heavy atom. The van der Waals surface area contributed by atoms with Crippen LogP contribution in [0.15, 0.2) is 96.1 Å². The predicted molar refractivity (Wildman–Crippen MR) is 169 cm³/mol. The Morgan fingerprint density at radius 1 is 0.860 bits per heavy atom. The molecule has 9 heteroatoms. The highest BCUT2D eigenvalue weighted by molar-refractivity contribution is 6.99. The third-order valence-corrected chi connectivity index (χ3v) is 13.4. The highest BCUT2D eigenvalue weighted by atomic mass is 28.4. The summed E-state index contributed by atoms with van der Waals surface area (Å²) in [5.41, 5.74) is 9.12. The van der Waals surface area contributed by atoms with Crippen molar-refractivity contribution in [3.8, 4) is 0 Å². The lowest BCUT2D eigenvalue weighted by Gasteiger charge is -2.46. The molecule has 3 aromatic rings. The average molecular weight is 602 g/mol. The van der Waals surface area contributed by atoms with E-state index in [2.05, 4.69) is 79.3 Å². The van der Waals surface area contributed by atoms with Crippen LogP contribution in [-0.2, 0) is 30.0 Å². The summed E-state index contributed by atoms with van der Waals surface area (Å²) in [4.78, 5) is 2.97. The largest absolute Gasteiger partial charge is 0.404 e. The van der Waals surface area contributed by atoms with Crippen LogP contribution in [0, 0.1) is 0 Å². The molecule has 0 amide bonds. The lowest BCUT2D eigenvalue weighted by molar-refractivity contribution is -0.252. The lowest BCUT2D eigenvalue weighted by atomic mass is 9.90. The molecule has 0 aliphatic carbocycles. The third-order valence-electron chi connectivity index (χ3n) is 8.40. The van der Waals surface area contributed by atoms with E-state index in [1.807, 2.05) is 56.3 Å². The van der Waals surface area contributed by atoms with Gasteiger partial charge in [0.25, 0.3) is 8.32 Å². The summed E-state index contributed by atoms with van der Waals surface area (Å²) in [6.45, 7) is 11.6. The van der Waals surface area contributed by atoms with Crippen LogP contribution in [-0.4, -0.2) is 51.4 Å². The highest BCUT2D eigenvalue weighted by Gasteiger charge is 2.63. The van der Waals surface area contributed by atoms with Gasteiger partial charge in [-0.25, -0.2) is 0 Å². The molecule has 0 spiro atoms. The molecular weight excluding hydrogens is 558 g/mol. The second kappa shape index (κ2) is 12.9. The van der Waals surface area contributed by atoms with Crippen molar-refractivity contribution in [2.45, 2.75) is 89.0 Å². The first-order chi connectivity index (χ1) is 20.6. The normalized spacial score (nSPS) is 24.8. The summed E-state index contributed by atoms with van der Waals surface area (Å²) in [7, 11) is -2.90. The maximum absolute atomic E-state index is 8.97. The van der Waals surface area contributed by atoms with E-state index in [0.29, 0.717) is 26.0 Å². The predicted octanol–water partition coefficient (Wildman–Crippen LogP) is 6.49. The Morgan fingerprint density at radius 3 is 2.00 bits per heavy atom. The van der Waals surface area contributed by atoms with Gasteiger partial charge in [0, 0.05) is 11.5 Å². The molecule has 8 nitrogen and oxygen atoms in total. The third kappa shape index (κ3) is 6.59. The summed E-state index contributed by atoms with van der Waals surface area (Å²) in [6, 6.07) is 31.2. The molecule has 0 unspecified atom stereocenters. The first-order valence-corrected chi connectivity index (χ1v) is 17.0. The zero-order chi connectivity index (χ0) is 30.6. The van der Waals surface area contributed by atoms with Gasteiger partial charge in [-0.2, -0.15) is 0 Å². The number of fused-ring (bicyclic) bond motifs is 1. The van der Waals surface area contributed by atoms with E-state index in [-0.39, 0.29) is 11.6 Å². The van der Waals surface area contributed by atoms with Crippen LogP contribution in [0.25, 0.3) is 10.4 Å². The zero-order valence-corrected chi connectivity index (χ0v) is 26.8. The minimum absolute atomic E-state index is 0.216. The molecule has 5 rings (SSSR count). The molecule has 43 heavy (non-hydrogen) atoms. The maximum atomic E-state index is 8.97. The van der Waals surface area contributed by atoms with E-state index in [0.717, 1.165) is 5.56 Å². The number of benzene rings is 3. The van der Waals surface area contributed by atoms with E-state index in [9.17, 15) is 0 Å². The monoisotopic (exact) mass is 601 g/mol. The maximum Gasteiger partial charge on any atom is 0.261 e. The van der Waals surface area contributed by atoms with Crippen LogP contribution in [0.4, 0.5) is 0 Å². The number of hydrogen-bond donors (Lipinski definition) is 0. The van der Waals surface area contributed by atoms with Gasteiger partial charge in [-0.15, -0.1) is 0 Å². The molecule has 2 aliphatic rings. The van der Waals surface area contributed by atoms with Gasteiger partial charge >= 0.3 is 0 Å². The molecule has 0 radical (unpaired) electrons.